The van der Waals surface area contributed by atoms with Crippen molar-refractivity contribution in [2.45, 2.75) is 20.3 Å². The number of hydrogen-bond donors (Lipinski definition) is 1. The number of ether oxygens (including phenoxy) is 1. The van der Waals surface area contributed by atoms with Crippen LogP contribution in [0.1, 0.15) is 19.0 Å². The molecule has 184 valence electrons. The van der Waals surface area contributed by atoms with Crippen molar-refractivity contribution in [3.05, 3.63) is 71.5 Å². The summed E-state index contributed by atoms with van der Waals surface area (Å²) in [4.78, 5) is 31.8. The topological polar surface area (TPSA) is 89.3 Å². The third-order valence-electron chi connectivity index (χ3n) is 5.85. The van der Waals surface area contributed by atoms with Gasteiger partial charge >= 0.3 is 0 Å². The first-order chi connectivity index (χ1) is 17.4. The van der Waals surface area contributed by atoms with E-state index in [2.05, 4.69) is 10.4 Å². The van der Waals surface area contributed by atoms with Crippen LogP contribution in [-0.4, -0.2) is 39.7 Å². The molecule has 36 heavy (non-hydrogen) atoms. The number of carbonyl (C=O) groups excluding carboxylic acids is 2. The van der Waals surface area contributed by atoms with E-state index in [-0.39, 0.29) is 30.6 Å². The number of anilines is 2. The Labute approximate surface area is 211 Å². The van der Waals surface area contributed by atoms with E-state index in [1.165, 1.54) is 40.5 Å². The molecule has 1 saturated heterocycles. The Morgan fingerprint density at radius 2 is 1.94 bits per heavy atom. The Bertz CT molecular complexity index is 1400. The van der Waals surface area contributed by atoms with E-state index in [1.54, 1.807) is 10.7 Å². The molecule has 2 aromatic carbocycles. The fourth-order valence-corrected chi connectivity index (χ4v) is 4.90. The molecule has 1 N–H and O–H groups in total. The van der Waals surface area contributed by atoms with Crippen molar-refractivity contribution < 1.29 is 18.7 Å². The normalized spacial score (nSPS) is 15.4. The van der Waals surface area contributed by atoms with Crippen LogP contribution in [0.25, 0.3) is 16.4 Å². The number of carbonyl (C=O) groups is 2. The third-order valence-corrected chi connectivity index (χ3v) is 6.67. The van der Waals surface area contributed by atoms with Crippen LogP contribution in [0.5, 0.6) is 5.75 Å². The molecule has 1 aliphatic rings. The van der Waals surface area contributed by atoms with Crippen LogP contribution in [0.4, 0.5) is 15.9 Å². The minimum absolute atomic E-state index is 0.0788. The standard InChI is InChI=1S/C26H24FN5O3S/c1-3-35-21-10-4-17(5-11-21)22-15-36-26(28-22)32-23(12-16(2)30-32)29-25(34)18-13-24(33)31(14-18)20-8-6-19(27)7-9-20/h4-12,15,18H,3,13-14H2,1-2H3,(H,29,34). The second-order valence-electron chi connectivity index (χ2n) is 8.43. The van der Waals surface area contributed by atoms with Crippen molar-refractivity contribution in [1.29, 1.82) is 0 Å². The van der Waals surface area contributed by atoms with E-state index in [9.17, 15) is 14.0 Å². The van der Waals surface area contributed by atoms with Crippen molar-refractivity contribution in [2.24, 2.45) is 5.92 Å². The smallest absolute Gasteiger partial charge is 0.230 e. The Kier molecular flexibility index (Phi) is 6.51. The predicted molar refractivity (Wildman–Crippen MR) is 136 cm³/mol. The Hall–Kier alpha value is -4.05. The average Bonchev–Trinajstić information content (AvgIpc) is 3.59. The number of halogens is 1. The van der Waals surface area contributed by atoms with Crippen LogP contribution in [0.15, 0.2) is 60.0 Å². The molecule has 1 fully saturated rings. The molecule has 0 bridgehead atoms. The van der Waals surface area contributed by atoms with Gasteiger partial charge in [0.15, 0.2) is 0 Å². The number of thiazole rings is 1. The maximum absolute atomic E-state index is 13.3. The second kappa shape index (κ2) is 9.90. The first kappa shape index (κ1) is 23.7. The monoisotopic (exact) mass is 505 g/mol. The van der Waals surface area contributed by atoms with Crippen LogP contribution < -0.4 is 15.0 Å². The molecule has 5 rings (SSSR count). The van der Waals surface area contributed by atoms with Gasteiger partial charge in [-0.2, -0.15) is 9.78 Å². The molecule has 2 aromatic heterocycles. The highest BCUT2D eigenvalue weighted by Gasteiger charge is 2.35. The van der Waals surface area contributed by atoms with Crippen LogP contribution >= 0.6 is 11.3 Å². The Balaban J connectivity index is 1.31. The lowest BCUT2D eigenvalue weighted by Crippen LogP contribution is -2.28. The minimum Gasteiger partial charge on any atom is -0.494 e. The van der Waals surface area contributed by atoms with Gasteiger partial charge in [0.25, 0.3) is 0 Å². The first-order valence-electron chi connectivity index (χ1n) is 11.5. The molecule has 2 amide bonds. The van der Waals surface area contributed by atoms with E-state index in [0.717, 1.165) is 22.7 Å². The fraction of sp³-hybridized carbons (Fsp3) is 0.231. The molecule has 4 aromatic rings. The molecule has 0 aliphatic carbocycles. The Morgan fingerprint density at radius 1 is 1.19 bits per heavy atom. The maximum Gasteiger partial charge on any atom is 0.230 e. The molecule has 0 radical (unpaired) electrons. The highest BCUT2D eigenvalue weighted by Crippen LogP contribution is 2.29. The summed E-state index contributed by atoms with van der Waals surface area (Å²) < 4.78 is 20.4. The summed E-state index contributed by atoms with van der Waals surface area (Å²) in [6, 6.07) is 15.1. The highest BCUT2D eigenvalue weighted by molar-refractivity contribution is 7.12. The molecular weight excluding hydrogens is 481 g/mol. The number of nitrogens with zero attached hydrogens (tertiary/aromatic N) is 4. The Morgan fingerprint density at radius 3 is 2.67 bits per heavy atom. The molecule has 0 spiro atoms. The van der Waals surface area contributed by atoms with Gasteiger partial charge in [-0.25, -0.2) is 9.37 Å². The molecule has 1 aliphatic heterocycles. The number of hydrogen-bond acceptors (Lipinski definition) is 6. The minimum atomic E-state index is -0.540. The van der Waals surface area contributed by atoms with Gasteiger partial charge in [-0.1, -0.05) is 0 Å². The van der Waals surface area contributed by atoms with Gasteiger partial charge in [-0.3, -0.25) is 9.59 Å². The zero-order chi connectivity index (χ0) is 25.2. The summed E-state index contributed by atoms with van der Waals surface area (Å²) in [6.45, 7) is 4.60. The quantitative estimate of drug-likeness (QED) is 0.389. The number of aryl methyl sites for hydroxylation is 1. The summed E-state index contributed by atoms with van der Waals surface area (Å²) in [5, 5.41) is 9.97. The average molecular weight is 506 g/mol. The van der Waals surface area contributed by atoms with Crippen LogP contribution in [0, 0.1) is 18.7 Å². The van der Waals surface area contributed by atoms with Crippen molar-refractivity contribution in [2.75, 3.05) is 23.4 Å². The number of amides is 2. The van der Waals surface area contributed by atoms with Gasteiger partial charge in [0.2, 0.25) is 16.9 Å². The summed E-state index contributed by atoms with van der Waals surface area (Å²) in [6.07, 6.45) is 0.0788. The van der Waals surface area contributed by atoms with Gasteiger partial charge in [0.05, 0.1) is 23.9 Å². The highest BCUT2D eigenvalue weighted by atomic mass is 32.1. The van der Waals surface area contributed by atoms with Crippen LogP contribution in [0.2, 0.25) is 0 Å². The molecule has 3 heterocycles. The third kappa shape index (κ3) is 4.85. The second-order valence-corrected chi connectivity index (χ2v) is 9.26. The maximum atomic E-state index is 13.3. The predicted octanol–water partition coefficient (Wildman–Crippen LogP) is 4.83. The van der Waals surface area contributed by atoms with Crippen molar-refractivity contribution in [1.82, 2.24) is 14.8 Å². The van der Waals surface area contributed by atoms with Crippen LogP contribution in [-0.2, 0) is 9.59 Å². The van der Waals surface area contributed by atoms with Gasteiger partial charge in [0, 0.05) is 35.7 Å². The summed E-state index contributed by atoms with van der Waals surface area (Å²) in [7, 11) is 0. The van der Waals surface area contributed by atoms with Crippen LogP contribution in [0.3, 0.4) is 0 Å². The van der Waals surface area contributed by atoms with Gasteiger partial charge in [-0.05, 0) is 62.4 Å². The number of aromatic nitrogens is 3. The lowest BCUT2D eigenvalue weighted by atomic mass is 10.1. The lowest BCUT2D eigenvalue weighted by Gasteiger charge is -2.16. The molecule has 1 unspecified atom stereocenters. The first-order valence-corrected chi connectivity index (χ1v) is 12.4. The summed E-state index contributed by atoms with van der Waals surface area (Å²) >= 11 is 1.41. The van der Waals surface area contributed by atoms with E-state index in [0.29, 0.717) is 23.2 Å². The molecule has 0 saturated carbocycles. The summed E-state index contributed by atoms with van der Waals surface area (Å²) in [5.74, 6) is -0.0903. The van der Waals surface area contributed by atoms with Crippen molar-refractivity contribution >= 4 is 34.7 Å². The molecule has 10 heteroatoms. The van der Waals surface area contributed by atoms with Gasteiger partial charge < -0.3 is 15.0 Å². The van der Waals surface area contributed by atoms with E-state index >= 15 is 0 Å². The number of rotatable bonds is 7. The zero-order valence-corrected chi connectivity index (χ0v) is 20.6. The SMILES string of the molecule is CCOc1ccc(-c2csc(-n3nc(C)cc3NC(=O)C3CC(=O)N(c4ccc(F)cc4)C3)n2)cc1. The number of benzene rings is 2. The van der Waals surface area contributed by atoms with E-state index in [1.807, 2.05) is 43.5 Å². The summed E-state index contributed by atoms with van der Waals surface area (Å²) in [5.41, 5.74) is 3.03. The molecule has 1 atom stereocenters. The van der Waals surface area contributed by atoms with Gasteiger partial charge in [-0.15, -0.1) is 11.3 Å². The lowest BCUT2D eigenvalue weighted by molar-refractivity contribution is -0.122. The number of nitrogens with one attached hydrogen (secondary N) is 1. The van der Waals surface area contributed by atoms with Crippen molar-refractivity contribution in [3.63, 3.8) is 0 Å². The largest absolute Gasteiger partial charge is 0.494 e. The van der Waals surface area contributed by atoms with E-state index < -0.39 is 5.92 Å². The fourth-order valence-electron chi connectivity index (χ4n) is 4.10. The molecule has 8 nitrogen and oxygen atoms in total. The molecular formula is C26H24FN5O3S. The zero-order valence-electron chi connectivity index (χ0n) is 19.8. The van der Waals surface area contributed by atoms with Gasteiger partial charge in [0.1, 0.15) is 17.4 Å². The van der Waals surface area contributed by atoms with Crippen molar-refractivity contribution in [3.8, 4) is 22.1 Å². The van der Waals surface area contributed by atoms with E-state index in [4.69, 9.17) is 9.72 Å².